The summed E-state index contributed by atoms with van der Waals surface area (Å²) in [6.45, 7) is 6.32. The highest BCUT2D eigenvalue weighted by molar-refractivity contribution is 5.90. The molecule has 5 heteroatoms. The maximum absolute atomic E-state index is 12.3. The minimum Gasteiger partial charge on any atom is -0.456 e. The summed E-state index contributed by atoms with van der Waals surface area (Å²) >= 11 is 0. The number of hydrogen-bond acceptors (Lipinski definition) is 4. The van der Waals surface area contributed by atoms with Gasteiger partial charge in [0.1, 0.15) is 12.2 Å². The molecule has 0 atom stereocenters. The van der Waals surface area contributed by atoms with Gasteiger partial charge in [0.15, 0.2) is 0 Å². The first-order valence-electron chi connectivity index (χ1n) is 11.9. The van der Waals surface area contributed by atoms with E-state index in [9.17, 15) is 9.59 Å². The second-order valence-electron chi connectivity index (χ2n) is 9.57. The fourth-order valence-corrected chi connectivity index (χ4v) is 4.19. The number of ether oxygens (including phenoxy) is 2. The molecule has 4 rings (SSSR count). The van der Waals surface area contributed by atoms with Gasteiger partial charge in [0, 0.05) is 12.5 Å². The van der Waals surface area contributed by atoms with Crippen LogP contribution < -0.4 is 5.32 Å². The van der Waals surface area contributed by atoms with E-state index in [0.717, 1.165) is 5.56 Å². The number of fused-ring (bicyclic) bond motifs is 3. The number of carbonyl (C=O) groups is 2. The van der Waals surface area contributed by atoms with Gasteiger partial charge in [-0.1, -0.05) is 72.8 Å². The molecule has 1 aliphatic carbocycles. The molecule has 0 fully saturated rings. The van der Waals surface area contributed by atoms with Crippen LogP contribution >= 0.6 is 0 Å². The summed E-state index contributed by atoms with van der Waals surface area (Å²) in [4.78, 5) is 24.4. The molecular formula is C30H31NO4. The number of alkyl carbamates (subject to hydrolysis) is 1. The van der Waals surface area contributed by atoms with E-state index in [4.69, 9.17) is 9.47 Å². The van der Waals surface area contributed by atoms with Gasteiger partial charge in [-0.05, 0) is 67.1 Å². The fraction of sp³-hybridized carbons (Fsp3) is 0.267. The van der Waals surface area contributed by atoms with Crippen molar-refractivity contribution in [1.82, 2.24) is 5.32 Å². The normalized spacial score (nSPS) is 12.8. The van der Waals surface area contributed by atoms with Crippen molar-refractivity contribution in [3.8, 4) is 11.1 Å². The van der Waals surface area contributed by atoms with E-state index in [-0.39, 0.29) is 11.9 Å². The highest BCUT2D eigenvalue weighted by atomic mass is 16.6. The third kappa shape index (κ3) is 6.18. The predicted octanol–water partition coefficient (Wildman–Crippen LogP) is 6.58. The number of amides is 1. The summed E-state index contributed by atoms with van der Waals surface area (Å²) in [5.41, 5.74) is 5.79. The van der Waals surface area contributed by atoms with Crippen molar-refractivity contribution in [1.29, 1.82) is 0 Å². The van der Waals surface area contributed by atoms with Crippen LogP contribution in [0.25, 0.3) is 17.2 Å². The Morgan fingerprint density at radius 2 is 1.49 bits per heavy atom. The largest absolute Gasteiger partial charge is 0.456 e. The molecule has 0 saturated carbocycles. The average Bonchev–Trinajstić information content (AvgIpc) is 3.15. The van der Waals surface area contributed by atoms with Crippen molar-refractivity contribution in [2.75, 3.05) is 13.2 Å². The van der Waals surface area contributed by atoms with Crippen molar-refractivity contribution < 1.29 is 19.1 Å². The first kappa shape index (κ1) is 24.3. The van der Waals surface area contributed by atoms with E-state index >= 15 is 0 Å². The molecule has 0 bridgehead atoms. The molecule has 0 aliphatic heterocycles. The molecule has 0 radical (unpaired) electrons. The molecule has 0 saturated heterocycles. The number of rotatable bonds is 7. The van der Waals surface area contributed by atoms with Crippen molar-refractivity contribution in [2.45, 2.75) is 38.7 Å². The van der Waals surface area contributed by atoms with Crippen LogP contribution in [0.4, 0.5) is 4.79 Å². The zero-order valence-electron chi connectivity index (χ0n) is 20.4. The Balaban J connectivity index is 1.22. The summed E-state index contributed by atoms with van der Waals surface area (Å²) in [6, 6.07) is 23.8. The van der Waals surface area contributed by atoms with Crippen LogP contribution in [0, 0.1) is 0 Å². The maximum Gasteiger partial charge on any atom is 0.407 e. The standard InChI is InChI=1S/C30H31NO4/c1-30(2,3)35-28(32)22-17-15-21(16-18-22)10-8-9-19-31-29(33)34-20-27-25-13-6-4-11-23(25)24-12-5-7-14-26(24)27/h4-8,10-18,27H,9,19-20H2,1-3H3,(H,31,33). The van der Waals surface area contributed by atoms with Gasteiger partial charge in [0.2, 0.25) is 0 Å². The zero-order valence-corrected chi connectivity index (χ0v) is 20.4. The van der Waals surface area contributed by atoms with Crippen molar-refractivity contribution in [3.05, 3.63) is 101 Å². The average molecular weight is 470 g/mol. The van der Waals surface area contributed by atoms with Gasteiger partial charge < -0.3 is 14.8 Å². The van der Waals surface area contributed by atoms with Crippen LogP contribution in [-0.2, 0) is 9.47 Å². The van der Waals surface area contributed by atoms with Crippen LogP contribution in [0.1, 0.15) is 60.2 Å². The van der Waals surface area contributed by atoms with Crippen molar-refractivity contribution in [3.63, 3.8) is 0 Å². The van der Waals surface area contributed by atoms with E-state index in [2.05, 4.69) is 29.6 Å². The molecule has 3 aromatic carbocycles. The lowest BCUT2D eigenvalue weighted by molar-refractivity contribution is 0.00694. The second kappa shape index (κ2) is 10.6. The molecule has 0 unspecified atom stereocenters. The monoisotopic (exact) mass is 469 g/mol. The number of esters is 1. The topological polar surface area (TPSA) is 64.6 Å². The highest BCUT2D eigenvalue weighted by Gasteiger charge is 2.28. The van der Waals surface area contributed by atoms with Gasteiger partial charge in [-0.15, -0.1) is 0 Å². The quantitative estimate of drug-likeness (QED) is 0.313. The summed E-state index contributed by atoms with van der Waals surface area (Å²) in [5.74, 6) is -0.281. The molecule has 0 heterocycles. The second-order valence-corrected chi connectivity index (χ2v) is 9.57. The summed E-state index contributed by atoms with van der Waals surface area (Å²) in [7, 11) is 0. The van der Waals surface area contributed by atoms with E-state index in [1.54, 1.807) is 12.1 Å². The van der Waals surface area contributed by atoms with E-state index in [1.165, 1.54) is 22.3 Å². The smallest absolute Gasteiger partial charge is 0.407 e. The van der Waals surface area contributed by atoms with E-state index < -0.39 is 11.7 Å². The van der Waals surface area contributed by atoms with Crippen molar-refractivity contribution >= 4 is 18.1 Å². The summed E-state index contributed by atoms with van der Waals surface area (Å²) in [6.07, 6.45) is 4.18. The third-order valence-electron chi connectivity index (χ3n) is 5.78. The van der Waals surface area contributed by atoms with Gasteiger partial charge in [-0.3, -0.25) is 0 Å². The lowest BCUT2D eigenvalue weighted by Crippen LogP contribution is -2.26. The maximum atomic E-state index is 12.3. The third-order valence-corrected chi connectivity index (χ3v) is 5.78. The van der Waals surface area contributed by atoms with Crippen LogP contribution in [-0.4, -0.2) is 30.8 Å². The van der Waals surface area contributed by atoms with Gasteiger partial charge in [-0.2, -0.15) is 0 Å². The number of hydrogen-bond donors (Lipinski definition) is 1. The first-order chi connectivity index (χ1) is 16.8. The van der Waals surface area contributed by atoms with E-state index in [1.807, 2.05) is 69.3 Å². The van der Waals surface area contributed by atoms with Crippen LogP contribution in [0.3, 0.4) is 0 Å². The summed E-state index contributed by atoms with van der Waals surface area (Å²) in [5, 5.41) is 2.81. The molecule has 0 aromatic heterocycles. The molecule has 35 heavy (non-hydrogen) atoms. The Bertz CT molecular complexity index is 1180. The van der Waals surface area contributed by atoms with Gasteiger partial charge in [0.05, 0.1) is 5.56 Å². The molecule has 0 spiro atoms. The molecular weight excluding hydrogens is 438 g/mol. The van der Waals surface area contributed by atoms with Crippen LogP contribution in [0.15, 0.2) is 78.9 Å². The Hall–Kier alpha value is -3.86. The summed E-state index contributed by atoms with van der Waals surface area (Å²) < 4.78 is 10.9. The zero-order chi connectivity index (χ0) is 24.8. The number of nitrogens with one attached hydrogen (secondary N) is 1. The predicted molar refractivity (Wildman–Crippen MR) is 138 cm³/mol. The minimum absolute atomic E-state index is 0.0525. The van der Waals surface area contributed by atoms with Crippen LogP contribution in [0.5, 0.6) is 0 Å². The molecule has 5 nitrogen and oxygen atoms in total. The van der Waals surface area contributed by atoms with E-state index in [0.29, 0.717) is 25.1 Å². The Kier molecular flexibility index (Phi) is 7.35. The first-order valence-corrected chi connectivity index (χ1v) is 11.9. The minimum atomic E-state index is -0.518. The highest BCUT2D eigenvalue weighted by Crippen LogP contribution is 2.44. The van der Waals surface area contributed by atoms with Crippen LogP contribution in [0.2, 0.25) is 0 Å². The van der Waals surface area contributed by atoms with Gasteiger partial charge in [0.25, 0.3) is 0 Å². The molecule has 1 amide bonds. The Morgan fingerprint density at radius 1 is 0.886 bits per heavy atom. The molecule has 1 N–H and O–H groups in total. The SMILES string of the molecule is CC(C)(C)OC(=O)c1ccc(C=CCCNC(=O)OCC2c3ccccc3-c3ccccc32)cc1. The van der Waals surface area contributed by atoms with Crippen molar-refractivity contribution in [2.24, 2.45) is 0 Å². The van der Waals surface area contributed by atoms with Gasteiger partial charge >= 0.3 is 12.1 Å². The molecule has 3 aromatic rings. The molecule has 180 valence electrons. The van der Waals surface area contributed by atoms with Gasteiger partial charge in [-0.25, -0.2) is 9.59 Å². The Morgan fingerprint density at radius 3 is 2.09 bits per heavy atom. The lowest BCUT2D eigenvalue weighted by Gasteiger charge is -2.19. The number of carbonyl (C=O) groups excluding carboxylic acids is 2. The fourth-order valence-electron chi connectivity index (χ4n) is 4.19. The Labute approximate surface area is 206 Å². The lowest BCUT2D eigenvalue weighted by atomic mass is 9.98. The number of benzene rings is 3. The molecule has 1 aliphatic rings.